The van der Waals surface area contributed by atoms with Crippen LogP contribution in [-0.4, -0.2) is 41.1 Å². The first-order chi connectivity index (χ1) is 14.6. The van der Waals surface area contributed by atoms with Crippen LogP contribution in [0, 0.1) is 5.82 Å². The van der Waals surface area contributed by atoms with Crippen molar-refractivity contribution in [2.75, 3.05) is 20.2 Å². The Morgan fingerprint density at radius 2 is 2.03 bits per heavy atom. The van der Waals surface area contributed by atoms with Crippen LogP contribution in [0.5, 0.6) is 11.5 Å². The summed E-state index contributed by atoms with van der Waals surface area (Å²) in [5.41, 5.74) is 0.614. The van der Waals surface area contributed by atoms with Crippen LogP contribution in [0.25, 0.3) is 0 Å². The molecule has 1 saturated heterocycles. The van der Waals surface area contributed by atoms with Gasteiger partial charge in [0.1, 0.15) is 5.75 Å². The summed E-state index contributed by atoms with van der Waals surface area (Å²) in [7, 11) is 1.59. The molecule has 2 heterocycles. The number of methoxy groups -OCH3 is 1. The molecule has 2 aromatic carbocycles. The van der Waals surface area contributed by atoms with Gasteiger partial charge in [0.2, 0.25) is 0 Å². The summed E-state index contributed by atoms with van der Waals surface area (Å²) in [4.78, 5) is 19.0. The smallest absolute Gasteiger partial charge is 0.264 e. The number of nitrogens with zero attached hydrogens (tertiary/aromatic N) is 3. The Hall–Kier alpha value is -3.42. The Balaban J connectivity index is 1.38. The highest BCUT2D eigenvalue weighted by Gasteiger charge is 2.28. The molecule has 4 rings (SSSR count). The van der Waals surface area contributed by atoms with Gasteiger partial charge in [-0.15, -0.1) is 0 Å². The average molecular weight is 411 g/mol. The van der Waals surface area contributed by atoms with Crippen molar-refractivity contribution in [3.63, 3.8) is 0 Å². The standard InChI is InChI=1S/C22H22FN3O4/c1-28-17-10-8-15(9-11-17)22(27)26-12-4-5-16(13-26)21-24-20(30-25-21)14-29-19-7-3-2-6-18(19)23/h2-3,6-11,16H,4-5,12-14H2,1H3. The number of likely N-dealkylation sites (tertiary alicyclic amines) is 1. The molecule has 156 valence electrons. The Morgan fingerprint density at radius 3 is 2.80 bits per heavy atom. The SMILES string of the molecule is COc1ccc(C(=O)N2CCCC(c3noc(COc4ccccc4F)n3)C2)cc1. The number of benzene rings is 2. The number of hydrogen-bond donors (Lipinski definition) is 0. The van der Waals surface area contributed by atoms with E-state index in [2.05, 4.69) is 10.1 Å². The molecule has 3 aromatic rings. The van der Waals surface area contributed by atoms with Gasteiger partial charge in [-0.2, -0.15) is 4.98 Å². The predicted molar refractivity (Wildman–Crippen MR) is 106 cm³/mol. The summed E-state index contributed by atoms with van der Waals surface area (Å²) in [5, 5.41) is 4.05. The molecular weight excluding hydrogens is 389 g/mol. The summed E-state index contributed by atoms with van der Waals surface area (Å²) in [6, 6.07) is 13.2. The van der Waals surface area contributed by atoms with Crippen molar-refractivity contribution in [1.82, 2.24) is 15.0 Å². The van der Waals surface area contributed by atoms with Gasteiger partial charge in [-0.1, -0.05) is 17.3 Å². The number of piperidine rings is 1. The van der Waals surface area contributed by atoms with Crippen molar-refractivity contribution in [2.45, 2.75) is 25.4 Å². The summed E-state index contributed by atoms with van der Waals surface area (Å²) in [6.07, 6.45) is 1.71. The maximum absolute atomic E-state index is 13.7. The molecule has 0 N–H and O–H groups in total. The zero-order chi connectivity index (χ0) is 20.9. The summed E-state index contributed by atoms with van der Waals surface area (Å²) < 4.78 is 29.5. The Morgan fingerprint density at radius 1 is 1.23 bits per heavy atom. The predicted octanol–water partition coefficient (Wildman–Crippen LogP) is 3.82. The first-order valence-corrected chi connectivity index (χ1v) is 9.77. The first-order valence-electron chi connectivity index (χ1n) is 9.77. The highest BCUT2D eigenvalue weighted by Crippen LogP contribution is 2.26. The maximum Gasteiger partial charge on any atom is 0.264 e. The van der Waals surface area contributed by atoms with Crippen LogP contribution in [0.15, 0.2) is 53.1 Å². The number of carbonyl (C=O) groups is 1. The molecule has 1 fully saturated rings. The molecule has 1 atom stereocenters. The molecule has 7 nitrogen and oxygen atoms in total. The third-order valence-corrected chi connectivity index (χ3v) is 5.08. The molecule has 1 aliphatic heterocycles. The minimum absolute atomic E-state index is 0.0187. The second-order valence-electron chi connectivity index (χ2n) is 7.08. The molecular formula is C22H22FN3O4. The van der Waals surface area contributed by atoms with Crippen LogP contribution in [0.1, 0.15) is 40.8 Å². The van der Waals surface area contributed by atoms with Crippen LogP contribution in [0.3, 0.4) is 0 Å². The Bertz CT molecular complexity index is 1010. The van der Waals surface area contributed by atoms with E-state index in [4.69, 9.17) is 14.0 Å². The lowest BCUT2D eigenvalue weighted by Gasteiger charge is -2.31. The van der Waals surface area contributed by atoms with E-state index in [0.29, 0.717) is 30.2 Å². The normalized spacial score (nSPS) is 16.3. The van der Waals surface area contributed by atoms with Gasteiger partial charge in [0.15, 0.2) is 24.0 Å². The Kier molecular flexibility index (Phi) is 5.92. The van der Waals surface area contributed by atoms with E-state index in [1.54, 1.807) is 43.5 Å². The molecule has 0 aliphatic carbocycles. The van der Waals surface area contributed by atoms with Crippen LogP contribution >= 0.6 is 0 Å². The largest absolute Gasteiger partial charge is 0.497 e. The number of aromatic nitrogens is 2. The van der Waals surface area contributed by atoms with E-state index in [-0.39, 0.29) is 30.1 Å². The molecule has 30 heavy (non-hydrogen) atoms. The lowest BCUT2D eigenvalue weighted by atomic mass is 9.96. The number of amides is 1. The zero-order valence-electron chi connectivity index (χ0n) is 16.6. The van der Waals surface area contributed by atoms with Gasteiger partial charge in [-0.05, 0) is 49.2 Å². The van der Waals surface area contributed by atoms with E-state index < -0.39 is 5.82 Å². The Labute approximate surface area is 173 Å². The van der Waals surface area contributed by atoms with Gasteiger partial charge in [0, 0.05) is 24.6 Å². The second-order valence-corrected chi connectivity index (χ2v) is 7.08. The van der Waals surface area contributed by atoms with Crippen LogP contribution < -0.4 is 9.47 Å². The van der Waals surface area contributed by atoms with E-state index in [1.165, 1.54) is 12.1 Å². The highest BCUT2D eigenvalue weighted by atomic mass is 19.1. The maximum atomic E-state index is 13.7. The topological polar surface area (TPSA) is 77.7 Å². The molecule has 0 spiro atoms. The summed E-state index contributed by atoms with van der Waals surface area (Å²) in [6.45, 7) is 1.18. The van der Waals surface area contributed by atoms with Crippen LogP contribution in [-0.2, 0) is 6.61 Å². The van der Waals surface area contributed by atoms with Gasteiger partial charge in [-0.25, -0.2) is 4.39 Å². The minimum Gasteiger partial charge on any atom is -0.497 e. The van der Waals surface area contributed by atoms with Gasteiger partial charge in [-0.3, -0.25) is 4.79 Å². The van der Waals surface area contributed by atoms with Crippen molar-refractivity contribution in [1.29, 1.82) is 0 Å². The molecule has 1 aliphatic rings. The number of halogens is 1. The molecule has 1 unspecified atom stereocenters. The third-order valence-electron chi connectivity index (χ3n) is 5.08. The molecule has 0 saturated carbocycles. The van der Waals surface area contributed by atoms with Gasteiger partial charge < -0.3 is 18.9 Å². The fraction of sp³-hybridized carbons (Fsp3) is 0.318. The summed E-state index contributed by atoms with van der Waals surface area (Å²) >= 11 is 0. The molecule has 1 aromatic heterocycles. The quantitative estimate of drug-likeness (QED) is 0.614. The number of rotatable bonds is 6. The minimum atomic E-state index is -0.447. The zero-order valence-corrected chi connectivity index (χ0v) is 16.6. The molecule has 0 radical (unpaired) electrons. The number of para-hydroxylation sites is 1. The molecule has 1 amide bonds. The van der Waals surface area contributed by atoms with E-state index in [0.717, 1.165) is 12.8 Å². The lowest BCUT2D eigenvalue weighted by molar-refractivity contribution is 0.0703. The van der Waals surface area contributed by atoms with Crippen molar-refractivity contribution in [3.8, 4) is 11.5 Å². The number of hydrogen-bond acceptors (Lipinski definition) is 6. The van der Waals surface area contributed by atoms with E-state index in [1.807, 2.05) is 4.90 Å². The van der Waals surface area contributed by atoms with Crippen molar-refractivity contribution < 1.29 is 23.2 Å². The third kappa shape index (κ3) is 4.42. The van der Waals surface area contributed by atoms with Gasteiger partial charge >= 0.3 is 0 Å². The van der Waals surface area contributed by atoms with E-state index in [9.17, 15) is 9.18 Å². The second kappa shape index (κ2) is 8.94. The molecule has 8 heteroatoms. The summed E-state index contributed by atoms with van der Waals surface area (Å²) in [5.74, 6) is 1.14. The van der Waals surface area contributed by atoms with Crippen LogP contribution in [0.4, 0.5) is 4.39 Å². The van der Waals surface area contributed by atoms with Crippen molar-refractivity contribution in [2.24, 2.45) is 0 Å². The van der Waals surface area contributed by atoms with Crippen LogP contribution in [0.2, 0.25) is 0 Å². The fourth-order valence-electron chi connectivity index (χ4n) is 3.48. The fourth-order valence-corrected chi connectivity index (χ4v) is 3.48. The van der Waals surface area contributed by atoms with Crippen molar-refractivity contribution >= 4 is 5.91 Å². The number of carbonyl (C=O) groups excluding carboxylic acids is 1. The van der Waals surface area contributed by atoms with Gasteiger partial charge in [0.05, 0.1) is 7.11 Å². The van der Waals surface area contributed by atoms with E-state index >= 15 is 0 Å². The highest BCUT2D eigenvalue weighted by molar-refractivity contribution is 5.94. The monoisotopic (exact) mass is 411 g/mol. The van der Waals surface area contributed by atoms with Crippen molar-refractivity contribution in [3.05, 3.63) is 71.6 Å². The lowest BCUT2D eigenvalue weighted by Crippen LogP contribution is -2.39. The molecule has 0 bridgehead atoms. The van der Waals surface area contributed by atoms with Gasteiger partial charge in [0.25, 0.3) is 11.8 Å². The first kappa shape index (κ1) is 19.9. The number of ether oxygens (including phenoxy) is 2. The average Bonchev–Trinajstić information content (AvgIpc) is 3.27.